The van der Waals surface area contributed by atoms with Gasteiger partial charge in [-0.15, -0.1) is 0 Å². The summed E-state index contributed by atoms with van der Waals surface area (Å²) in [6, 6.07) is -0.427. The van der Waals surface area contributed by atoms with Gasteiger partial charge in [-0.2, -0.15) is 0 Å². The number of piperazine rings is 1. The lowest BCUT2D eigenvalue weighted by molar-refractivity contribution is -0.139. The molecule has 1 rings (SSSR count). The summed E-state index contributed by atoms with van der Waals surface area (Å²) in [7, 11) is 0. The van der Waals surface area contributed by atoms with Crippen LogP contribution in [0.25, 0.3) is 0 Å². The van der Waals surface area contributed by atoms with Crippen LogP contribution in [0.2, 0.25) is 0 Å². The standard InChI is InChI=1S/C11H21N3O2/c1-8(2)10(12)11(16)14-6-4-13(5-7-14)9(3)15/h8,10H,4-7,12H2,1-3H3/t10-/m0/s1. The molecule has 1 fully saturated rings. The second kappa shape index (κ2) is 5.30. The van der Waals surface area contributed by atoms with Gasteiger partial charge in [0.15, 0.2) is 0 Å². The molecule has 1 aliphatic heterocycles. The third-order valence-electron chi connectivity index (χ3n) is 3.04. The Morgan fingerprint density at radius 3 is 1.88 bits per heavy atom. The predicted molar refractivity (Wildman–Crippen MR) is 61.6 cm³/mol. The van der Waals surface area contributed by atoms with Crippen molar-refractivity contribution in [2.75, 3.05) is 26.2 Å². The second-order valence-corrected chi connectivity index (χ2v) is 4.60. The zero-order valence-corrected chi connectivity index (χ0v) is 10.3. The summed E-state index contributed by atoms with van der Waals surface area (Å²) < 4.78 is 0. The summed E-state index contributed by atoms with van der Waals surface area (Å²) in [5, 5.41) is 0. The number of hydrogen-bond acceptors (Lipinski definition) is 3. The number of carbonyl (C=O) groups excluding carboxylic acids is 2. The summed E-state index contributed by atoms with van der Waals surface area (Å²) in [4.78, 5) is 26.5. The Balaban J connectivity index is 2.47. The van der Waals surface area contributed by atoms with Crippen LogP contribution in [-0.4, -0.2) is 53.8 Å². The van der Waals surface area contributed by atoms with Crippen LogP contribution in [0.4, 0.5) is 0 Å². The van der Waals surface area contributed by atoms with Gasteiger partial charge in [0, 0.05) is 33.1 Å². The smallest absolute Gasteiger partial charge is 0.239 e. The van der Waals surface area contributed by atoms with E-state index in [0.29, 0.717) is 26.2 Å². The Morgan fingerprint density at radius 1 is 1.06 bits per heavy atom. The van der Waals surface area contributed by atoms with E-state index in [-0.39, 0.29) is 17.7 Å². The molecule has 0 saturated carbocycles. The Hall–Kier alpha value is -1.10. The lowest BCUT2D eigenvalue weighted by Gasteiger charge is -2.36. The third-order valence-corrected chi connectivity index (χ3v) is 3.04. The molecule has 0 aromatic heterocycles. The summed E-state index contributed by atoms with van der Waals surface area (Å²) in [5.74, 6) is 0.219. The first-order valence-corrected chi connectivity index (χ1v) is 5.73. The number of rotatable bonds is 2. The summed E-state index contributed by atoms with van der Waals surface area (Å²) in [6.07, 6.45) is 0. The van der Waals surface area contributed by atoms with Crippen LogP contribution in [0.5, 0.6) is 0 Å². The minimum atomic E-state index is -0.427. The van der Waals surface area contributed by atoms with Crippen LogP contribution in [-0.2, 0) is 9.59 Å². The fourth-order valence-corrected chi connectivity index (χ4v) is 1.74. The van der Waals surface area contributed by atoms with E-state index in [0.717, 1.165) is 0 Å². The zero-order valence-electron chi connectivity index (χ0n) is 10.3. The van der Waals surface area contributed by atoms with E-state index in [1.807, 2.05) is 13.8 Å². The van der Waals surface area contributed by atoms with E-state index < -0.39 is 6.04 Å². The molecule has 5 nitrogen and oxygen atoms in total. The van der Waals surface area contributed by atoms with Gasteiger partial charge in [0.25, 0.3) is 0 Å². The monoisotopic (exact) mass is 227 g/mol. The lowest BCUT2D eigenvalue weighted by Crippen LogP contribution is -2.55. The number of amides is 2. The van der Waals surface area contributed by atoms with Crippen molar-refractivity contribution in [3.05, 3.63) is 0 Å². The lowest BCUT2D eigenvalue weighted by atomic mass is 10.0. The fraction of sp³-hybridized carbons (Fsp3) is 0.818. The van der Waals surface area contributed by atoms with E-state index in [4.69, 9.17) is 5.73 Å². The first-order chi connectivity index (χ1) is 7.43. The van der Waals surface area contributed by atoms with Crippen LogP contribution in [0.15, 0.2) is 0 Å². The maximum Gasteiger partial charge on any atom is 0.239 e. The molecule has 0 bridgehead atoms. The van der Waals surface area contributed by atoms with Gasteiger partial charge in [-0.1, -0.05) is 13.8 Å². The average Bonchev–Trinajstić information content (AvgIpc) is 2.27. The Bertz CT molecular complexity index is 270. The first kappa shape index (κ1) is 13.0. The van der Waals surface area contributed by atoms with Crippen molar-refractivity contribution in [3.63, 3.8) is 0 Å². The van der Waals surface area contributed by atoms with Crippen LogP contribution in [0.3, 0.4) is 0 Å². The highest BCUT2D eigenvalue weighted by atomic mass is 16.2. The third kappa shape index (κ3) is 2.95. The fourth-order valence-electron chi connectivity index (χ4n) is 1.74. The number of hydrogen-bond donors (Lipinski definition) is 1. The Kier molecular flexibility index (Phi) is 4.29. The van der Waals surface area contributed by atoms with Gasteiger partial charge in [0.1, 0.15) is 0 Å². The van der Waals surface area contributed by atoms with E-state index in [1.165, 1.54) is 0 Å². The Morgan fingerprint density at radius 2 is 1.50 bits per heavy atom. The summed E-state index contributed by atoms with van der Waals surface area (Å²) in [5.41, 5.74) is 5.81. The van der Waals surface area contributed by atoms with Gasteiger partial charge in [-0.05, 0) is 5.92 Å². The molecule has 1 atom stereocenters. The van der Waals surface area contributed by atoms with Gasteiger partial charge in [-0.3, -0.25) is 9.59 Å². The molecule has 0 spiro atoms. The van der Waals surface area contributed by atoms with E-state index in [2.05, 4.69) is 0 Å². The molecular weight excluding hydrogens is 206 g/mol. The number of carbonyl (C=O) groups is 2. The summed E-state index contributed by atoms with van der Waals surface area (Å²) in [6.45, 7) is 7.86. The quantitative estimate of drug-likeness (QED) is 0.702. The molecule has 0 aromatic rings. The topological polar surface area (TPSA) is 66.6 Å². The highest BCUT2D eigenvalue weighted by Crippen LogP contribution is 2.07. The number of nitrogens with zero attached hydrogens (tertiary/aromatic N) is 2. The van der Waals surface area contributed by atoms with Crippen molar-refractivity contribution in [1.29, 1.82) is 0 Å². The highest BCUT2D eigenvalue weighted by Gasteiger charge is 2.27. The Labute approximate surface area is 96.6 Å². The van der Waals surface area contributed by atoms with Crippen molar-refractivity contribution in [2.24, 2.45) is 11.7 Å². The van der Waals surface area contributed by atoms with Gasteiger partial charge in [0.05, 0.1) is 6.04 Å². The van der Waals surface area contributed by atoms with Crippen molar-refractivity contribution in [2.45, 2.75) is 26.8 Å². The molecule has 2 amide bonds. The molecule has 1 saturated heterocycles. The average molecular weight is 227 g/mol. The molecule has 92 valence electrons. The predicted octanol–water partition coefficient (Wildman–Crippen LogP) is -0.340. The van der Waals surface area contributed by atoms with E-state index in [9.17, 15) is 9.59 Å². The summed E-state index contributed by atoms with van der Waals surface area (Å²) >= 11 is 0. The van der Waals surface area contributed by atoms with Crippen LogP contribution >= 0.6 is 0 Å². The van der Waals surface area contributed by atoms with Crippen LogP contribution < -0.4 is 5.73 Å². The molecule has 0 aromatic carbocycles. The van der Waals surface area contributed by atoms with Gasteiger partial charge < -0.3 is 15.5 Å². The molecule has 16 heavy (non-hydrogen) atoms. The van der Waals surface area contributed by atoms with Gasteiger partial charge in [0.2, 0.25) is 11.8 Å². The SMILES string of the molecule is CC(=O)N1CCN(C(=O)[C@@H](N)C(C)C)CC1. The van der Waals surface area contributed by atoms with Crippen molar-refractivity contribution < 1.29 is 9.59 Å². The largest absolute Gasteiger partial charge is 0.339 e. The van der Waals surface area contributed by atoms with Crippen molar-refractivity contribution in [1.82, 2.24) is 9.80 Å². The minimum absolute atomic E-state index is 0.00166. The van der Waals surface area contributed by atoms with Gasteiger partial charge in [-0.25, -0.2) is 0 Å². The second-order valence-electron chi connectivity index (χ2n) is 4.60. The maximum absolute atomic E-state index is 11.9. The normalized spacial score (nSPS) is 18.8. The molecule has 2 N–H and O–H groups in total. The maximum atomic E-state index is 11.9. The number of nitrogens with two attached hydrogens (primary N) is 1. The van der Waals surface area contributed by atoms with Crippen LogP contribution in [0.1, 0.15) is 20.8 Å². The molecule has 5 heteroatoms. The molecule has 1 heterocycles. The van der Waals surface area contributed by atoms with Gasteiger partial charge >= 0.3 is 0 Å². The highest BCUT2D eigenvalue weighted by molar-refractivity contribution is 5.82. The minimum Gasteiger partial charge on any atom is -0.339 e. The van der Waals surface area contributed by atoms with Crippen LogP contribution in [0, 0.1) is 5.92 Å². The molecular formula is C11H21N3O2. The molecule has 0 unspecified atom stereocenters. The van der Waals surface area contributed by atoms with E-state index in [1.54, 1.807) is 16.7 Å². The van der Waals surface area contributed by atoms with E-state index >= 15 is 0 Å². The van der Waals surface area contributed by atoms with Crippen molar-refractivity contribution in [3.8, 4) is 0 Å². The molecule has 0 radical (unpaired) electrons. The molecule has 1 aliphatic rings. The first-order valence-electron chi connectivity index (χ1n) is 5.73. The van der Waals surface area contributed by atoms with Crippen molar-refractivity contribution >= 4 is 11.8 Å². The zero-order chi connectivity index (χ0) is 12.3. The molecule has 0 aliphatic carbocycles.